The predicted molar refractivity (Wildman–Crippen MR) is 65.0 cm³/mol. The molecule has 0 heterocycles. The first-order chi connectivity index (χ1) is 6.50. The first-order valence-corrected chi connectivity index (χ1v) is 5.09. The lowest BCUT2D eigenvalue weighted by atomic mass is 9.97. The van der Waals surface area contributed by atoms with Gasteiger partial charge in [-0.1, -0.05) is 31.5 Å². The lowest BCUT2D eigenvalue weighted by Crippen LogP contribution is -2.14. The third-order valence-corrected chi connectivity index (χ3v) is 2.32. The van der Waals surface area contributed by atoms with Gasteiger partial charge >= 0.3 is 0 Å². The number of rotatable bonds is 3. The Bertz CT molecular complexity index is 315. The average molecular weight is 252 g/mol. The van der Waals surface area contributed by atoms with Gasteiger partial charge in [-0.3, -0.25) is 0 Å². The monoisotopic (exact) mass is 251 g/mol. The normalized spacial score (nSPS) is 12.4. The lowest BCUT2D eigenvalue weighted by Gasteiger charge is -2.15. The molecule has 15 heavy (non-hydrogen) atoms. The molecule has 1 aromatic carbocycles. The van der Waals surface area contributed by atoms with Crippen molar-refractivity contribution in [3.05, 3.63) is 34.6 Å². The molecule has 0 aliphatic heterocycles. The molecule has 0 fully saturated rings. The maximum atomic E-state index is 13.4. The van der Waals surface area contributed by atoms with E-state index in [9.17, 15) is 4.39 Å². The minimum absolute atomic E-state index is 0. The van der Waals surface area contributed by atoms with Crippen molar-refractivity contribution in [3.63, 3.8) is 0 Å². The van der Waals surface area contributed by atoms with E-state index in [-0.39, 0.29) is 24.3 Å². The van der Waals surface area contributed by atoms with E-state index in [0.29, 0.717) is 16.5 Å². The number of nitrogens with two attached hydrogens (primary N) is 1. The van der Waals surface area contributed by atoms with Crippen LogP contribution in [0, 0.1) is 11.7 Å². The summed E-state index contributed by atoms with van der Waals surface area (Å²) in [6, 6.07) is 4.38. The highest BCUT2D eigenvalue weighted by Gasteiger charge is 2.12. The molecular weight excluding hydrogens is 236 g/mol. The van der Waals surface area contributed by atoms with E-state index in [2.05, 4.69) is 13.8 Å². The smallest absolute Gasteiger partial charge is 0.129 e. The van der Waals surface area contributed by atoms with Crippen molar-refractivity contribution >= 4 is 24.0 Å². The number of hydrogen-bond acceptors (Lipinski definition) is 1. The first kappa shape index (κ1) is 14.7. The molecule has 0 unspecified atom stereocenters. The fraction of sp³-hybridized carbons (Fsp3) is 0.455. The van der Waals surface area contributed by atoms with E-state index in [1.807, 2.05) is 0 Å². The van der Waals surface area contributed by atoms with Gasteiger partial charge in [0, 0.05) is 16.6 Å². The van der Waals surface area contributed by atoms with E-state index in [1.54, 1.807) is 12.1 Å². The minimum Gasteiger partial charge on any atom is -0.324 e. The topological polar surface area (TPSA) is 26.0 Å². The van der Waals surface area contributed by atoms with Gasteiger partial charge in [0.15, 0.2) is 0 Å². The van der Waals surface area contributed by atoms with Crippen molar-refractivity contribution in [3.8, 4) is 0 Å². The summed E-state index contributed by atoms with van der Waals surface area (Å²) in [5, 5.41) is 0.406. The second-order valence-corrected chi connectivity index (χ2v) is 4.34. The summed E-state index contributed by atoms with van der Waals surface area (Å²) in [7, 11) is 0. The Morgan fingerprint density at radius 1 is 1.40 bits per heavy atom. The summed E-state index contributed by atoms with van der Waals surface area (Å²) >= 11 is 5.65. The molecule has 0 aromatic heterocycles. The van der Waals surface area contributed by atoms with Crippen molar-refractivity contribution in [2.45, 2.75) is 26.3 Å². The van der Waals surface area contributed by atoms with Gasteiger partial charge in [0.05, 0.1) is 0 Å². The van der Waals surface area contributed by atoms with E-state index >= 15 is 0 Å². The van der Waals surface area contributed by atoms with E-state index in [4.69, 9.17) is 17.3 Å². The zero-order valence-electron chi connectivity index (χ0n) is 8.84. The largest absolute Gasteiger partial charge is 0.324 e. The van der Waals surface area contributed by atoms with Gasteiger partial charge in [-0.05, 0) is 24.5 Å². The molecule has 0 spiro atoms. The molecule has 1 rings (SSSR count). The predicted octanol–water partition coefficient (Wildman–Crippen LogP) is 3.95. The second-order valence-electron chi connectivity index (χ2n) is 3.90. The molecule has 4 heteroatoms. The standard InChI is InChI=1S/C11H15ClFN.ClH/c1-7(2)5-11(14)9-4-3-8(12)6-10(9)13;/h3-4,6-7,11H,5,14H2,1-2H3;1H/t11-;/m1./s1. The molecular formula is C11H16Cl2FN. The molecule has 0 saturated heterocycles. The fourth-order valence-corrected chi connectivity index (χ4v) is 1.60. The molecule has 86 valence electrons. The molecule has 1 nitrogen and oxygen atoms in total. The van der Waals surface area contributed by atoms with Crippen molar-refractivity contribution in [1.29, 1.82) is 0 Å². The first-order valence-electron chi connectivity index (χ1n) is 4.71. The van der Waals surface area contributed by atoms with Crippen LogP contribution in [0.25, 0.3) is 0 Å². The number of hydrogen-bond donors (Lipinski definition) is 1. The summed E-state index contributed by atoms with van der Waals surface area (Å²) in [6.45, 7) is 4.13. The molecule has 0 aliphatic rings. The van der Waals surface area contributed by atoms with E-state index in [1.165, 1.54) is 6.07 Å². The third-order valence-electron chi connectivity index (χ3n) is 2.09. The van der Waals surface area contributed by atoms with Crippen molar-refractivity contribution in [2.75, 3.05) is 0 Å². The molecule has 1 aromatic rings. The Morgan fingerprint density at radius 2 is 2.00 bits per heavy atom. The van der Waals surface area contributed by atoms with Crippen LogP contribution in [-0.4, -0.2) is 0 Å². The number of benzene rings is 1. The van der Waals surface area contributed by atoms with Gasteiger partial charge in [-0.15, -0.1) is 12.4 Å². The van der Waals surface area contributed by atoms with Crippen LogP contribution >= 0.6 is 24.0 Å². The summed E-state index contributed by atoms with van der Waals surface area (Å²) in [5.41, 5.74) is 6.41. The van der Waals surface area contributed by atoms with E-state index < -0.39 is 0 Å². The van der Waals surface area contributed by atoms with Crippen LogP contribution in [0.3, 0.4) is 0 Å². The number of halogens is 3. The van der Waals surface area contributed by atoms with Crippen LogP contribution in [-0.2, 0) is 0 Å². The Kier molecular flexibility index (Phi) is 6.18. The third kappa shape index (κ3) is 4.37. The van der Waals surface area contributed by atoms with Gasteiger partial charge < -0.3 is 5.73 Å². The Labute approximate surface area is 101 Å². The van der Waals surface area contributed by atoms with Crippen LogP contribution in [0.2, 0.25) is 5.02 Å². The van der Waals surface area contributed by atoms with Crippen LogP contribution in [0.5, 0.6) is 0 Å². The maximum absolute atomic E-state index is 13.4. The average Bonchev–Trinajstić information content (AvgIpc) is 2.01. The molecule has 0 radical (unpaired) electrons. The zero-order valence-corrected chi connectivity index (χ0v) is 10.4. The molecule has 0 saturated carbocycles. The molecule has 0 bridgehead atoms. The highest BCUT2D eigenvalue weighted by atomic mass is 35.5. The highest BCUT2D eigenvalue weighted by molar-refractivity contribution is 6.30. The molecule has 0 aliphatic carbocycles. The van der Waals surface area contributed by atoms with Gasteiger partial charge in [-0.2, -0.15) is 0 Å². The molecule has 0 amide bonds. The zero-order chi connectivity index (χ0) is 10.7. The Balaban J connectivity index is 0.00000196. The van der Waals surface area contributed by atoms with Crippen LogP contribution in [0.1, 0.15) is 31.9 Å². The lowest BCUT2D eigenvalue weighted by molar-refractivity contribution is 0.489. The van der Waals surface area contributed by atoms with Gasteiger partial charge in [0.25, 0.3) is 0 Å². The second kappa shape index (κ2) is 6.31. The summed E-state index contributed by atoms with van der Waals surface area (Å²) in [4.78, 5) is 0. The molecule has 2 N–H and O–H groups in total. The van der Waals surface area contributed by atoms with Gasteiger partial charge in [0.2, 0.25) is 0 Å². The maximum Gasteiger partial charge on any atom is 0.129 e. The van der Waals surface area contributed by atoms with Crippen molar-refractivity contribution in [2.24, 2.45) is 11.7 Å². The summed E-state index contributed by atoms with van der Waals surface area (Å²) in [6.07, 6.45) is 0.776. The SMILES string of the molecule is CC(C)C[C@@H](N)c1ccc(Cl)cc1F.Cl. The molecule has 1 atom stereocenters. The van der Waals surface area contributed by atoms with Crippen LogP contribution < -0.4 is 5.73 Å². The summed E-state index contributed by atoms with van der Waals surface area (Å²) < 4.78 is 13.4. The minimum atomic E-state index is -0.314. The van der Waals surface area contributed by atoms with Gasteiger partial charge in [0.1, 0.15) is 5.82 Å². The highest BCUT2D eigenvalue weighted by Crippen LogP contribution is 2.23. The van der Waals surface area contributed by atoms with Crippen LogP contribution in [0.15, 0.2) is 18.2 Å². The fourth-order valence-electron chi connectivity index (χ4n) is 1.44. The van der Waals surface area contributed by atoms with E-state index in [0.717, 1.165) is 6.42 Å². The Morgan fingerprint density at radius 3 is 2.47 bits per heavy atom. The van der Waals surface area contributed by atoms with Gasteiger partial charge in [-0.25, -0.2) is 4.39 Å². The van der Waals surface area contributed by atoms with Crippen molar-refractivity contribution in [1.82, 2.24) is 0 Å². The quantitative estimate of drug-likeness (QED) is 0.866. The Hall–Kier alpha value is -0.310. The summed E-state index contributed by atoms with van der Waals surface area (Å²) in [5.74, 6) is 0.144. The van der Waals surface area contributed by atoms with Crippen molar-refractivity contribution < 1.29 is 4.39 Å². The van der Waals surface area contributed by atoms with Crippen LogP contribution in [0.4, 0.5) is 4.39 Å².